The first-order valence-electron chi connectivity index (χ1n) is 3.93. The maximum absolute atomic E-state index is 13.1. The zero-order valence-corrected chi connectivity index (χ0v) is 7.91. The molecule has 1 rings (SSSR count). The van der Waals surface area contributed by atoms with E-state index in [1.54, 1.807) is 0 Å². The molecular formula is C9H10FNO3. The van der Waals surface area contributed by atoms with Gasteiger partial charge in [-0.3, -0.25) is 9.78 Å². The largest absolute Gasteiger partial charge is 0.492 e. The minimum absolute atomic E-state index is 0.0158. The number of aromatic nitrogens is 1. The van der Waals surface area contributed by atoms with Gasteiger partial charge in [-0.1, -0.05) is 0 Å². The average Bonchev–Trinajstić information content (AvgIpc) is 2.18. The maximum Gasteiger partial charge on any atom is 0.311 e. The Balaban J connectivity index is 2.96. The second kappa shape index (κ2) is 4.55. The molecule has 0 fully saturated rings. The van der Waals surface area contributed by atoms with Gasteiger partial charge in [-0.2, -0.15) is 0 Å². The van der Waals surface area contributed by atoms with Gasteiger partial charge in [0.1, 0.15) is 0 Å². The van der Waals surface area contributed by atoms with Crippen LogP contribution in [0.2, 0.25) is 0 Å². The summed E-state index contributed by atoms with van der Waals surface area (Å²) >= 11 is 0. The van der Waals surface area contributed by atoms with E-state index in [1.165, 1.54) is 26.5 Å². The summed E-state index contributed by atoms with van der Waals surface area (Å²) in [6.45, 7) is 0. The molecular weight excluding hydrogens is 189 g/mol. The van der Waals surface area contributed by atoms with Crippen LogP contribution in [0.4, 0.5) is 4.39 Å². The highest BCUT2D eigenvalue weighted by molar-refractivity contribution is 5.72. The van der Waals surface area contributed by atoms with E-state index < -0.39 is 11.8 Å². The molecule has 0 aliphatic carbocycles. The fourth-order valence-corrected chi connectivity index (χ4v) is 1.01. The van der Waals surface area contributed by atoms with E-state index in [0.29, 0.717) is 0 Å². The van der Waals surface area contributed by atoms with Gasteiger partial charge in [0, 0.05) is 6.20 Å². The summed E-state index contributed by atoms with van der Waals surface area (Å²) in [6.07, 6.45) is 1.17. The van der Waals surface area contributed by atoms with Crippen LogP contribution in [-0.4, -0.2) is 25.2 Å². The fraction of sp³-hybridized carbons (Fsp3) is 0.333. The van der Waals surface area contributed by atoms with Crippen molar-refractivity contribution in [3.63, 3.8) is 0 Å². The molecule has 1 aromatic heterocycles. The molecule has 4 nitrogen and oxygen atoms in total. The summed E-state index contributed by atoms with van der Waals surface area (Å²) in [5, 5.41) is 0. The van der Waals surface area contributed by atoms with Gasteiger partial charge < -0.3 is 9.47 Å². The molecule has 1 aromatic rings. The quantitative estimate of drug-likeness (QED) is 0.680. The standard InChI is InChI=1S/C9H10FNO3/c1-13-8(12)5-7-9(14-2)6(10)3-4-11-7/h3-4H,5H2,1-2H3. The van der Waals surface area contributed by atoms with Crippen LogP contribution < -0.4 is 4.74 Å². The number of esters is 1. The number of rotatable bonds is 3. The number of pyridine rings is 1. The third-order valence-corrected chi connectivity index (χ3v) is 1.67. The number of nitrogens with zero attached hydrogens (tertiary/aromatic N) is 1. The van der Waals surface area contributed by atoms with E-state index in [1.807, 2.05) is 0 Å². The molecule has 76 valence electrons. The van der Waals surface area contributed by atoms with E-state index >= 15 is 0 Å². The molecule has 0 radical (unpaired) electrons. The van der Waals surface area contributed by atoms with Gasteiger partial charge in [0.25, 0.3) is 0 Å². The minimum atomic E-state index is -0.540. The summed E-state index contributed by atoms with van der Waals surface area (Å²) in [6, 6.07) is 1.17. The number of halogens is 1. The first kappa shape index (κ1) is 10.4. The first-order valence-corrected chi connectivity index (χ1v) is 3.93. The van der Waals surface area contributed by atoms with Crippen molar-refractivity contribution < 1.29 is 18.7 Å². The molecule has 1 heterocycles. The highest BCUT2D eigenvalue weighted by Gasteiger charge is 2.13. The Morgan fingerprint density at radius 2 is 2.29 bits per heavy atom. The van der Waals surface area contributed by atoms with Crippen molar-refractivity contribution in [2.24, 2.45) is 0 Å². The van der Waals surface area contributed by atoms with Crippen LogP contribution in [0.5, 0.6) is 5.75 Å². The zero-order chi connectivity index (χ0) is 10.6. The number of carbonyl (C=O) groups is 1. The molecule has 0 aliphatic rings. The number of carbonyl (C=O) groups excluding carboxylic acids is 1. The summed E-state index contributed by atoms with van der Waals surface area (Å²) < 4.78 is 22.3. The van der Waals surface area contributed by atoms with E-state index in [2.05, 4.69) is 9.72 Å². The Morgan fingerprint density at radius 1 is 1.57 bits per heavy atom. The fourth-order valence-electron chi connectivity index (χ4n) is 1.01. The van der Waals surface area contributed by atoms with Crippen molar-refractivity contribution in [2.45, 2.75) is 6.42 Å². The average molecular weight is 199 g/mol. The number of methoxy groups -OCH3 is 2. The predicted molar refractivity (Wildman–Crippen MR) is 46.5 cm³/mol. The van der Waals surface area contributed by atoms with Gasteiger partial charge >= 0.3 is 5.97 Å². The molecule has 5 heteroatoms. The van der Waals surface area contributed by atoms with Crippen LogP contribution >= 0.6 is 0 Å². The molecule has 0 aromatic carbocycles. The zero-order valence-electron chi connectivity index (χ0n) is 7.91. The van der Waals surface area contributed by atoms with Gasteiger partial charge in [0.2, 0.25) is 0 Å². The van der Waals surface area contributed by atoms with E-state index in [0.717, 1.165) is 0 Å². The first-order chi connectivity index (χ1) is 6.69. The SMILES string of the molecule is COC(=O)Cc1nccc(F)c1OC. The Hall–Kier alpha value is -1.65. The molecule has 0 atom stereocenters. The van der Waals surface area contributed by atoms with Gasteiger partial charge in [0.05, 0.1) is 26.3 Å². The van der Waals surface area contributed by atoms with Gasteiger partial charge in [0.15, 0.2) is 11.6 Å². The van der Waals surface area contributed by atoms with Crippen molar-refractivity contribution in [3.8, 4) is 5.75 Å². The van der Waals surface area contributed by atoms with E-state index in [-0.39, 0.29) is 17.9 Å². The lowest BCUT2D eigenvalue weighted by atomic mass is 10.2. The van der Waals surface area contributed by atoms with Gasteiger partial charge in [-0.15, -0.1) is 0 Å². The number of hydrogen-bond donors (Lipinski definition) is 0. The van der Waals surface area contributed by atoms with Crippen LogP contribution in [0.3, 0.4) is 0 Å². The van der Waals surface area contributed by atoms with E-state index in [4.69, 9.17) is 4.74 Å². The monoisotopic (exact) mass is 199 g/mol. The van der Waals surface area contributed by atoms with Crippen LogP contribution in [0.15, 0.2) is 12.3 Å². The highest BCUT2D eigenvalue weighted by atomic mass is 19.1. The lowest BCUT2D eigenvalue weighted by Crippen LogP contribution is -2.08. The van der Waals surface area contributed by atoms with Crippen LogP contribution in [-0.2, 0) is 16.0 Å². The number of hydrogen-bond acceptors (Lipinski definition) is 4. The van der Waals surface area contributed by atoms with Crippen molar-refractivity contribution in [2.75, 3.05) is 14.2 Å². The lowest BCUT2D eigenvalue weighted by molar-refractivity contribution is -0.139. The molecule has 14 heavy (non-hydrogen) atoms. The second-order valence-corrected chi connectivity index (χ2v) is 2.53. The van der Waals surface area contributed by atoms with Crippen molar-refractivity contribution in [1.29, 1.82) is 0 Å². The Morgan fingerprint density at radius 3 is 2.86 bits per heavy atom. The van der Waals surface area contributed by atoms with Gasteiger partial charge in [-0.05, 0) is 6.07 Å². The summed E-state index contributed by atoms with van der Waals surface area (Å²) in [5.41, 5.74) is 0.236. The molecule has 0 N–H and O–H groups in total. The molecule has 0 bridgehead atoms. The molecule has 0 saturated carbocycles. The Kier molecular flexibility index (Phi) is 3.39. The minimum Gasteiger partial charge on any atom is -0.492 e. The molecule has 0 aliphatic heterocycles. The maximum atomic E-state index is 13.1. The van der Waals surface area contributed by atoms with Crippen LogP contribution in [0.1, 0.15) is 5.69 Å². The third-order valence-electron chi connectivity index (χ3n) is 1.67. The normalized spacial score (nSPS) is 9.64. The topological polar surface area (TPSA) is 48.4 Å². The Bertz CT molecular complexity index is 341. The predicted octanol–water partition coefficient (Wildman–Crippen LogP) is 0.945. The Labute approximate surface area is 80.7 Å². The highest BCUT2D eigenvalue weighted by Crippen LogP contribution is 2.20. The van der Waals surface area contributed by atoms with Crippen molar-refractivity contribution in [3.05, 3.63) is 23.8 Å². The van der Waals surface area contributed by atoms with Crippen molar-refractivity contribution in [1.82, 2.24) is 4.98 Å². The molecule has 0 amide bonds. The molecule has 0 unspecified atom stereocenters. The van der Waals surface area contributed by atoms with Crippen LogP contribution in [0, 0.1) is 5.82 Å². The lowest BCUT2D eigenvalue weighted by Gasteiger charge is -2.06. The summed E-state index contributed by atoms with van der Waals surface area (Å²) in [4.78, 5) is 14.8. The van der Waals surface area contributed by atoms with Gasteiger partial charge in [-0.25, -0.2) is 4.39 Å². The number of ether oxygens (including phenoxy) is 2. The third kappa shape index (κ3) is 2.18. The molecule has 0 saturated heterocycles. The molecule has 0 spiro atoms. The smallest absolute Gasteiger partial charge is 0.311 e. The second-order valence-electron chi connectivity index (χ2n) is 2.53. The van der Waals surface area contributed by atoms with E-state index in [9.17, 15) is 9.18 Å². The van der Waals surface area contributed by atoms with Crippen LogP contribution in [0.25, 0.3) is 0 Å². The summed E-state index contributed by atoms with van der Waals surface area (Å²) in [7, 11) is 2.58. The summed E-state index contributed by atoms with van der Waals surface area (Å²) in [5.74, 6) is -1.04. The van der Waals surface area contributed by atoms with Crippen molar-refractivity contribution >= 4 is 5.97 Å².